The Morgan fingerprint density at radius 3 is 2.83 bits per heavy atom. The number of hydrogen-bond acceptors (Lipinski definition) is 4. The third-order valence-corrected chi connectivity index (χ3v) is 6.86. The standard InChI is InChI=1S/C20H23ClFN3O4/c21-15-5-11(22)1-2-17(15)28-9-14-12-6-25(7-13(12)14)20(27)24-4-3-18-16(8-24)23-19(26)10-29-18/h1-2,5,12-14,16,18H,3-4,6-10H2,(H,23,26)/t12-,13+,14+,16?,18-/m0/s1. The van der Waals surface area contributed by atoms with Crippen molar-refractivity contribution in [2.24, 2.45) is 17.8 Å². The summed E-state index contributed by atoms with van der Waals surface area (Å²) in [5.41, 5.74) is 0. The van der Waals surface area contributed by atoms with E-state index in [4.69, 9.17) is 21.1 Å². The van der Waals surface area contributed by atoms with Crippen molar-refractivity contribution in [3.63, 3.8) is 0 Å². The second-order valence-corrected chi connectivity index (χ2v) is 8.73. The fourth-order valence-electron chi connectivity index (χ4n) is 4.90. The molecule has 0 aromatic heterocycles. The zero-order chi connectivity index (χ0) is 20.1. The monoisotopic (exact) mass is 423 g/mol. The fraction of sp³-hybridized carbons (Fsp3) is 0.600. The highest BCUT2D eigenvalue weighted by Crippen LogP contribution is 2.52. The summed E-state index contributed by atoms with van der Waals surface area (Å²) in [6.45, 7) is 3.23. The number of rotatable bonds is 3. The van der Waals surface area contributed by atoms with Crippen LogP contribution in [0.5, 0.6) is 5.75 Å². The maximum absolute atomic E-state index is 13.1. The number of piperidine rings is 2. The maximum atomic E-state index is 13.1. The number of carbonyl (C=O) groups is 2. The lowest BCUT2D eigenvalue weighted by molar-refractivity contribution is -0.139. The maximum Gasteiger partial charge on any atom is 0.320 e. The van der Waals surface area contributed by atoms with Gasteiger partial charge in [0.15, 0.2) is 0 Å². The Labute approximate surface area is 173 Å². The van der Waals surface area contributed by atoms with Crippen molar-refractivity contribution in [3.05, 3.63) is 29.0 Å². The van der Waals surface area contributed by atoms with Gasteiger partial charge in [-0.05, 0) is 36.5 Å². The van der Waals surface area contributed by atoms with Gasteiger partial charge in [-0.3, -0.25) is 4.79 Å². The number of carbonyl (C=O) groups excluding carboxylic acids is 2. The van der Waals surface area contributed by atoms with Gasteiger partial charge in [-0.1, -0.05) is 11.6 Å². The summed E-state index contributed by atoms with van der Waals surface area (Å²) in [7, 11) is 0. The van der Waals surface area contributed by atoms with Gasteiger partial charge in [-0.15, -0.1) is 0 Å². The molecule has 1 N–H and O–H groups in total. The molecule has 9 heteroatoms. The Morgan fingerprint density at radius 1 is 1.28 bits per heavy atom. The van der Waals surface area contributed by atoms with E-state index < -0.39 is 0 Å². The molecule has 0 bridgehead atoms. The molecule has 4 aliphatic rings. The lowest BCUT2D eigenvalue weighted by Crippen LogP contribution is -2.62. The van der Waals surface area contributed by atoms with Crippen molar-refractivity contribution >= 4 is 23.5 Å². The second-order valence-electron chi connectivity index (χ2n) is 8.32. The predicted octanol–water partition coefficient (Wildman–Crippen LogP) is 1.74. The molecule has 7 nitrogen and oxygen atoms in total. The Bertz CT molecular complexity index is 828. The molecule has 5 atom stereocenters. The number of morpholine rings is 1. The van der Waals surface area contributed by atoms with Gasteiger partial charge in [0.1, 0.15) is 18.2 Å². The van der Waals surface area contributed by atoms with Crippen LogP contribution in [0.4, 0.5) is 9.18 Å². The van der Waals surface area contributed by atoms with Crippen molar-refractivity contribution in [2.45, 2.75) is 18.6 Å². The number of fused-ring (bicyclic) bond motifs is 2. The summed E-state index contributed by atoms with van der Waals surface area (Å²) >= 11 is 6.00. The average Bonchev–Trinajstić information content (AvgIpc) is 3.15. The predicted molar refractivity (Wildman–Crippen MR) is 102 cm³/mol. The zero-order valence-corrected chi connectivity index (χ0v) is 16.6. The van der Waals surface area contributed by atoms with Gasteiger partial charge < -0.3 is 24.6 Å². The molecule has 3 saturated heterocycles. The first-order valence-electron chi connectivity index (χ1n) is 10.0. The Morgan fingerprint density at radius 2 is 2.07 bits per heavy atom. The van der Waals surface area contributed by atoms with E-state index in [2.05, 4.69) is 5.32 Å². The Kier molecular flexibility index (Phi) is 4.78. The van der Waals surface area contributed by atoms with Crippen LogP contribution in [-0.4, -0.2) is 73.3 Å². The molecule has 0 radical (unpaired) electrons. The SMILES string of the molecule is O=C1CO[C@H]2CCN(C(=O)N3C[C@@H]4[C@@H](COc5ccc(F)cc5Cl)[C@@H]4C3)CC2N1. The van der Waals surface area contributed by atoms with E-state index in [-0.39, 0.29) is 41.5 Å². The quantitative estimate of drug-likeness (QED) is 0.804. The molecule has 1 unspecified atom stereocenters. The third-order valence-electron chi connectivity index (χ3n) is 6.56. The lowest BCUT2D eigenvalue weighted by atomic mass is 10.0. The van der Waals surface area contributed by atoms with E-state index in [1.165, 1.54) is 12.1 Å². The molecular formula is C20H23ClFN3O4. The Balaban J connectivity index is 1.11. The summed E-state index contributed by atoms with van der Waals surface area (Å²) in [4.78, 5) is 28.2. The summed E-state index contributed by atoms with van der Waals surface area (Å²) in [6, 6.07) is 4.04. The first-order valence-corrected chi connectivity index (χ1v) is 10.4. The van der Waals surface area contributed by atoms with Crippen molar-refractivity contribution in [1.29, 1.82) is 0 Å². The molecule has 1 saturated carbocycles. The highest BCUT2D eigenvalue weighted by molar-refractivity contribution is 6.32. The normalized spacial score (nSPS) is 33.0. The minimum absolute atomic E-state index is 0.00328. The smallest absolute Gasteiger partial charge is 0.320 e. The molecule has 4 fully saturated rings. The van der Waals surface area contributed by atoms with Gasteiger partial charge in [0.2, 0.25) is 5.91 Å². The highest BCUT2D eigenvalue weighted by Gasteiger charge is 2.57. The van der Waals surface area contributed by atoms with E-state index in [1.807, 2.05) is 9.80 Å². The number of amides is 3. The molecule has 156 valence electrons. The van der Waals surface area contributed by atoms with Crippen LogP contribution in [0.25, 0.3) is 0 Å². The van der Waals surface area contributed by atoms with Crippen LogP contribution in [0.3, 0.4) is 0 Å². The number of benzene rings is 1. The Hall–Kier alpha value is -2.06. The molecule has 1 aromatic carbocycles. The summed E-state index contributed by atoms with van der Waals surface area (Å²) < 4.78 is 24.4. The van der Waals surface area contributed by atoms with E-state index in [0.29, 0.717) is 43.2 Å². The zero-order valence-electron chi connectivity index (χ0n) is 15.9. The average molecular weight is 424 g/mol. The highest BCUT2D eigenvalue weighted by atomic mass is 35.5. The van der Waals surface area contributed by atoms with Crippen molar-refractivity contribution < 1.29 is 23.5 Å². The molecule has 3 aliphatic heterocycles. The molecule has 1 aromatic rings. The minimum atomic E-state index is -0.386. The third kappa shape index (κ3) is 3.64. The van der Waals surface area contributed by atoms with E-state index in [9.17, 15) is 14.0 Å². The van der Waals surface area contributed by atoms with Crippen LogP contribution in [0.15, 0.2) is 18.2 Å². The van der Waals surface area contributed by atoms with E-state index in [1.54, 1.807) is 6.07 Å². The largest absolute Gasteiger partial charge is 0.492 e. The van der Waals surface area contributed by atoms with Gasteiger partial charge in [-0.25, -0.2) is 9.18 Å². The fourth-order valence-corrected chi connectivity index (χ4v) is 5.13. The number of nitrogens with one attached hydrogen (secondary N) is 1. The molecule has 3 heterocycles. The van der Waals surface area contributed by atoms with Gasteiger partial charge >= 0.3 is 6.03 Å². The van der Waals surface area contributed by atoms with Gasteiger partial charge in [0.05, 0.1) is 23.8 Å². The number of halogens is 2. The first-order chi connectivity index (χ1) is 14.0. The van der Waals surface area contributed by atoms with Crippen molar-refractivity contribution in [2.75, 3.05) is 39.4 Å². The van der Waals surface area contributed by atoms with Crippen LogP contribution in [0.1, 0.15) is 6.42 Å². The number of hydrogen-bond donors (Lipinski definition) is 1. The van der Waals surface area contributed by atoms with Crippen LogP contribution in [0.2, 0.25) is 5.02 Å². The number of ether oxygens (including phenoxy) is 2. The molecule has 29 heavy (non-hydrogen) atoms. The summed E-state index contributed by atoms with van der Waals surface area (Å²) in [5, 5.41) is 3.20. The molecule has 5 rings (SSSR count). The van der Waals surface area contributed by atoms with Crippen LogP contribution >= 0.6 is 11.6 Å². The van der Waals surface area contributed by atoms with Crippen molar-refractivity contribution in [3.8, 4) is 5.75 Å². The number of nitrogens with zero attached hydrogens (tertiary/aromatic N) is 2. The lowest BCUT2D eigenvalue weighted by Gasteiger charge is -2.42. The van der Waals surface area contributed by atoms with Gasteiger partial charge in [0, 0.05) is 32.1 Å². The molecule has 3 amide bonds. The molecule has 1 aliphatic carbocycles. The van der Waals surface area contributed by atoms with Gasteiger partial charge in [-0.2, -0.15) is 0 Å². The van der Waals surface area contributed by atoms with Crippen molar-refractivity contribution in [1.82, 2.24) is 15.1 Å². The second kappa shape index (κ2) is 7.32. The summed E-state index contributed by atoms with van der Waals surface area (Å²) in [5.74, 6) is 1.26. The first kappa shape index (κ1) is 18.9. The van der Waals surface area contributed by atoms with Crippen LogP contribution < -0.4 is 10.1 Å². The van der Waals surface area contributed by atoms with Crippen LogP contribution in [-0.2, 0) is 9.53 Å². The van der Waals surface area contributed by atoms with E-state index >= 15 is 0 Å². The van der Waals surface area contributed by atoms with E-state index in [0.717, 1.165) is 19.5 Å². The minimum Gasteiger partial charge on any atom is -0.492 e. The molecule has 0 spiro atoms. The van der Waals surface area contributed by atoms with Crippen LogP contribution in [0, 0.1) is 23.6 Å². The summed E-state index contributed by atoms with van der Waals surface area (Å²) in [6.07, 6.45) is 0.746. The number of likely N-dealkylation sites (tertiary alicyclic amines) is 2. The number of urea groups is 1. The topological polar surface area (TPSA) is 71.1 Å². The van der Waals surface area contributed by atoms with Gasteiger partial charge in [0.25, 0.3) is 0 Å². The molecular weight excluding hydrogens is 401 g/mol.